The van der Waals surface area contributed by atoms with Crippen LogP contribution in [0, 0.1) is 5.92 Å². The minimum atomic E-state index is -1.20. The molecule has 2 rings (SSSR count). The average molecular weight is 298 g/mol. The van der Waals surface area contributed by atoms with Gasteiger partial charge in [0.15, 0.2) is 6.04 Å². The average Bonchev–Trinajstić information content (AvgIpc) is 2.74. The van der Waals surface area contributed by atoms with Crippen molar-refractivity contribution in [1.29, 1.82) is 0 Å². The maximum absolute atomic E-state index is 11.8. The van der Waals surface area contributed by atoms with Crippen LogP contribution in [0.2, 0.25) is 5.02 Å². The standard InChI is InChI=1S/C13H12ClNO5/c14-9-3-1-7(2-4-9)11(13(19)20)15-6-8(12(17)18)5-10(15)16/h1-4,8,11H,5-6H2,(H,17,18)(H,19,20). The number of carboxylic acid groups (broad SMARTS) is 2. The van der Waals surface area contributed by atoms with Gasteiger partial charge in [0.2, 0.25) is 5.91 Å². The molecule has 0 aliphatic carbocycles. The normalized spacial score (nSPS) is 19.9. The highest BCUT2D eigenvalue weighted by Gasteiger charge is 2.41. The van der Waals surface area contributed by atoms with E-state index < -0.39 is 29.8 Å². The lowest BCUT2D eigenvalue weighted by molar-refractivity contribution is -0.149. The second kappa shape index (κ2) is 5.50. The number of hydrogen-bond acceptors (Lipinski definition) is 3. The zero-order valence-electron chi connectivity index (χ0n) is 10.3. The largest absolute Gasteiger partial charge is 0.481 e. The molecule has 0 aromatic heterocycles. The van der Waals surface area contributed by atoms with Crippen LogP contribution < -0.4 is 0 Å². The molecule has 7 heteroatoms. The zero-order chi connectivity index (χ0) is 14.9. The van der Waals surface area contributed by atoms with Gasteiger partial charge in [-0.25, -0.2) is 4.79 Å². The van der Waals surface area contributed by atoms with Gasteiger partial charge in [0.25, 0.3) is 0 Å². The number of amides is 1. The number of nitrogens with zero attached hydrogens (tertiary/aromatic N) is 1. The van der Waals surface area contributed by atoms with Crippen LogP contribution in [0.1, 0.15) is 18.0 Å². The van der Waals surface area contributed by atoms with E-state index in [2.05, 4.69) is 0 Å². The summed E-state index contributed by atoms with van der Waals surface area (Å²) in [6.07, 6.45) is -0.174. The summed E-state index contributed by atoms with van der Waals surface area (Å²) in [7, 11) is 0. The summed E-state index contributed by atoms with van der Waals surface area (Å²) in [6, 6.07) is 4.90. The van der Waals surface area contributed by atoms with E-state index in [1.807, 2.05) is 0 Å². The third-order valence-corrected chi connectivity index (χ3v) is 3.49. The molecule has 2 N–H and O–H groups in total. The fourth-order valence-corrected chi connectivity index (χ4v) is 2.37. The van der Waals surface area contributed by atoms with Crippen molar-refractivity contribution in [3.8, 4) is 0 Å². The highest BCUT2D eigenvalue weighted by Crippen LogP contribution is 2.29. The van der Waals surface area contributed by atoms with Crippen LogP contribution >= 0.6 is 11.6 Å². The molecule has 0 radical (unpaired) electrons. The molecular weight excluding hydrogens is 286 g/mol. The quantitative estimate of drug-likeness (QED) is 0.876. The molecule has 1 aromatic rings. The van der Waals surface area contributed by atoms with E-state index in [-0.39, 0.29) is 13.0 Å². The third kappa shape index (κ3) is 2.75. The van der Waals surface area contributed by atoms with E-state index >= 15 is 0 Å². The molecule has 1 fully saturated rings. The first-order chi connectivity index (χ1) is 9.40. The summed E-state index contributed by atoms with van der Waals surface area (Å²) in [4.78, 5) is 35.3. The number of rotatable bonds is 4. The lowest BCUT2D eigenvalue weighted by atomic mass is 10.1. The number of likely N-dealkylation sites (tertiary alicyclic amines) is 1. The fourth-order valence-electron chi connectivity index (χ4n) is 2.25. The van der Waals surface area contributed by atoms with Crippen molar-refractivity contribution >= 4 is 29.4 Å². The summed E-state index contributed by atoms with van der Waals surface area (Å²) in [5, 5.41) is 18.7. The Hall–Kier alpha value is -2.08. The molecule has 106 valence electrons. The third-order valence-electron chi connectivity index (χ3n) is 3.24. The van der Waals surface area contributed by atoms with Crippen molar-refractivity contribution in [2.45, 2.75) is 12.5 Å². The molecule has 1 saturated heterocycles. The van der Waals surface area contributed by atoms with Gasteiger partial charge in [0, 0.05) is 18.0 Å². The van der Waals surface area contributed by atoms with Crippen LogP contribution in [0.5, 0.6) is 0 Å². The van der Waals surface area contributed by atoms with Gasteiger partial charge in [-0.15, -0.1) is 0 Å². The summed E-state index contributed by atoms with van der Waals surface area (Å²) < 4.78 is 0. The molecular formula is C13H12ClNO5. The molecule has 2 unspecified atom stereocenters. The molecule has 20 heavy (non-hydrogen) atoms. The Balaban J connectivity index is 2.30. The Kier molecular flexibility index (Phi) is 3.94. The van der Waals surface area contributed by atoms with Gasteiger partial charge in [-0.1, -0.05) is 23.7 Å². The lowest BCUT2D eigenvalue weighted by Gasteiger charge is -2.24. The van der Waals surface area contributed by atoms with Crippen LogP contribution in [0.15, 0.2) is 24.3 Å². The van der Waals surface area contributed by atoms with Gasteiger partial charge < -0.3 is 15.1 Å². The first-order valence-corrected chi connectivity index (χ1v) is 6.28. The van der Waals surface area contributed by atoms with E-state index in [1.165, 1.54) is 24.3 Å². The molecule has 0 spiro atoms. The topological polar surface area (TPSA) is 94.9 Å². The monoisotopic (exact) mass is 297 g/mol. The van der Waals surface area contributed by atoms with Crippen LogP contribution in [0.4, 0.5) is 0 Å². The summed E-state index contributed by atoms with van der Waals surface area (Å²) in [5.41, 5.74) is 0.390. The number of aliphatic carboxylic acids is 2. The molecule has 0 saturated carbocycles. The number of carbonyl (C=O) groups excluding carboxylic acids is 1. The minimum Gasteiger partial charge on any atom is -0.481 e. The number of halogens is 1. The van der Waals surface area contributed by atoms with E-state index in [4.69, 9.17) is 16.7 Å². The van der Waals surface area contributed by atoms with Gasteiger partial charge in [0.1, 0.15) is 0 Å². The maximum Gasteiger partial charge on any atom is 0.331 e. The van der Waals surface area contributed by atoms with E-state index in [9.17, 15) is 19.5 Å². The van der Waals surface area contributed by atoms with Gasteiger partial charge in [0.05, 0.1) is 5.92 Å². The molecule has 2 atom stereocenters. The van der Waals surface area contributed by atoms with Gasteiger partial charge >= 0.3 is 11.9 Å². The first kappa shape index (κ1) is 14.3. The smallest absolute Gasteiger partial charge is 0.331 e. The molecule has 1 aliphatic heterocycles. The summed E-state index contributed by atoms with van der Waals surface area (Å²) >= 11 is 5.74. The van der Waals surface area contributed by atoms with Crippen LogP contribution in [0.25, 0.3) is 0 Å². The Bertz CT molecular complexity index is 556. The van der Waals surface area contributed by atoms with Crippen molar-refractivity contribution in [2.75, 3.05) is 6.54 Å². The van der Waals surface area contributed by atoms with Crippen molar-refractivity contribution in [1.82, 2.24) is 4.90 Å². The van der Waals surface area contributed by atoms with E-state index in [1.54, 1.807) is 0 Å². The number of carboxylic acids is 2. The van der Waals surface area contributed by atoms with Crippen LogP contribution in [0.3, 0.4) is 0 Å². The van der Waals surface area contributed by atoms with Gasteiger partial charge in [-0.05, 0) is 17.7 Å². The molecule has 1 aliphatic rings. The van der Waals surface area contributed by atoms with Crippen LogP contribution in [-0.4, -0.2) is 39.5 Å². The van der Waals surface area contributed by atoms with E-state index in [0.29, 0.717) is 10.6 Å². The second-order valence-electron chi connectivity index (χ2n) is 4.58. The van der Waals surface area contributed by atoms with E-state index in [0.717, 1.165) is 4.90 Å². The number of hydrogen-bond donors (Lipinski definition) is 2. The Morgan fingerprint density at radius 1 is 1.25 bits per heavy atom. The predicted molar refractivity (Wildman–Crippen MR) is 69.3 cm³/mol. The summed E-state index contributed by atoms with van der Waals surface area (Å²) in [5.74, 6) is -3.63. The highest BCUT2D eigenvalue weighted by atomic mass is 35.5. The Labute approximate surface area is 119 Å². The van der Waals surface area contributed by atoms with Crippen molar-refractivity contribution in [3.63, 3.8) is 0 Å². The predicted octanol–water partition coefficient (Wildman–Crippen LogP) is 1.40. The van der Waals surface area contributed by atoms with Crippen LogP contribution in [-0.2, 0) is 14.4 Å². The zero-order valence-corrected chi connectivity index (χ0v) is 11.1. The summed E-state index contributed by atoms with van der Waals surface area (Å²) in [6.45, 7) is -0.103. The van der Waals surface area contributed by atoms with Gasteiger partial charge in [-0.2, -0.15) is 0 Å². The lowest BCUT2D eigenvalue weighted by Crippen LogP contribution is -2.35. The maximum atomic E-state index is 11.8. The minimum absolute atomic E-state index is 0.103. The van der Waals surface area contributed by atoms with Crippen molar-refractivity contribution < 1.29 is 24.6 Å². The van der Waals surface area contributed by atoms with Gasteiger partial charge in [-0.3, -0.25) is 9.59 Å². The first-order valence-electron chi connectivity index (χ1n) is 5.90. The Morgan fingerprint density at radius 2 is 1.85 bits per heavy atom. The molecule has 1 amide bonds. The number of carbonyl (C=O) groups is 3. The fraction of sp³-hybridized carbons (Fsp3) is 0.308. The molecule has 1 heterocycles. The molecule has 0 bridgehead atoms. The molecule has 1 aromatic carbocycles. The highest BCUT2D eigenvalue weighted by molar-refractivity contribution is 6.30. The number of benzene rings is 1. The van der Waals surface area contributed by atoms with Crippen molar-refractivity contribution in [2.24, 2.45) is 5.92 Å². The SMILES string of the molecule is O=C(O)C1CC(=O)N(C(C(=O)O)c2ccc(Cl)cc2)C1. The second-order valence-corrected chi connectivity index (χ2v) is 5.01. The van der Waals surface area contributed by atoms with Crippen molar-refractivity contribution in [3.05, 3.63) is 34.9 Å². The molecule has 6 nitrogen and oxygen atoms in total. The Morgan fingerprint density at radius 3 is 2.30 bits per heavy atom.